The molecule has 1 saturated heterocycles. The van der Waals surface area contributed by atoms with E-state index in [2.05, 4.69) is 18.7 Å². The zero-order valence-electron chi connectivity index (χ0n) is 9.94. The van der Waals surface area contributed by atoms with Crippen molar-refractivity contribution in [3.8, 4) is 0 Å². The number of rotatable bonds is 4. The number of hydrogen-bond donors (Lipinski definition) is 2. The van der Waals surface area contributed by atoms with Crippen LogP contribution in [0.2, 0.25) is 0 Å². The number of hydrogen-bond acceptors (Lipinski definition) is 4. The van der Waals surface area contributed by atoms with E-state index < -0.39 is 5.41 Å². The van der Waals surface area contributed by atoms with Crippen molar-refractivity contribution in [3.05, 3.63) is 0 Å². The molecule has 0 amide bonds. The Bertz CT molecular complexity index is 184. The van der Waals surface area contributed by atoms with Crippen molar-refractivity contribution in [1.82, 2.24) is 4.90 Å². The largest absolute Gasteiger partial charge is 0.396 e. The Morgan fingerprint density at radius 1 is 1.20 bits per heavy atom. The third-order valence-electron chi connectivity index (χ3n) is 2.86. The van der Waals surface area contributed by atoms with Gasteiger partial charge in [-0.2, -0.15) is 0 Å². The molecule has 4 nitrogen and oxygen atoms in total. The van der Waals surface area contributed by atoms with Crippen LogP contribution < -0.4 is 0 Å². The summed E-state index contributed by atoms with van der Waals surface area (Å²) >= 11 is 0. The molecule has 0 saturated carbocycles. The predicted octanol–water partition coefficient (Wildman–Crippen LogP) is 0.0865. The summed E-state index contributed by atoms with van der Waals surface area (Å²) in [6.45, 7) is 8.51. The van der Waals surface area contributed by atoms with Crippen LogP contribution in [0.25, 0.3) is 0 Å². The van der Waals surface area contributed by atoms with Crippen LogP contribution in [0.3, 0.4) is 0 Å². The normalized spacial score (nSPS) is 29.4. The van der Waals surface area contributed by atoms with Gasteiger partial charge in [-0.15, -0.1) is 0 Å². The molecule has 0 aliphatic carbocycles. The van der Waals surface area contributed by atoms with E-state index >= 15 is 0 Å². The first kappa shape index (κ1) is 12.9. The number of nitrogens with zero attached hydrogens (tertiary/aromatic N) is 1. The maximum absolute atomic E-state index is 9.23. The Kier molecular flexibility index (Phi) is 4.52. The topological polar surface area (TPSA) is 52.9 Å². The summed E-state index contributed by atoms with van der Waals surface area (Å²) in [4.78, 5) is 2.26. The Hall–Kier alpha value is -0.160. The van der Waals surface area contributed by atoms with E-state index in [1.165, 1.54) is 0 Å². The third-order valence-corrected chi connectivity index (χ3v) is 2.86. The van der Waals surface area contributed by atoms with Gasteiger partial charge in [-0.25, -0.2) is 0 Å². The van der Waals surface area contributed by atoms with Gasteiger partial charge in [0.1, 0.15) is 0 Å². The van der Waals surface area contributed by atoms with E-state index in [1.54, 1.807) is 0 Å². The predicted molar refractivity (Wildman–Crippen MR) is 58.7 cm³/mol. The zero-order valence-corrected chi connectivity index (χ0v) is 9.94. The zero-order chi connectivity index (χ0) is 11.5. The number of morpholine rings is 1. The first-order valence-electron chi connectivity index (χ1n) is 5.58. The Balaban J connectivity index is 2.49. The van der Waals surface area contributed by atoms with Gasteiger partial charge in [0.25, 0.3) is 0 Å². The molecule has 0 aromatic heterocycles. The second kappa shape index (κ2) is 5.25. The summed E-state index contributed by atoms with van der Waals surface area (Å²) < 4.78 is 5.63. The monoisotopic (exact) mass is 217 g/mol. The molecule has 2 N–H and O–H groups in total. The highest BCUT2D eigenvalue weighted by Gasteiger charge is 2.30. The molecule has 0 aromatic rings. The second-order valence-corrected chi connectivity index (χ2v) is 5.08. The minimum absolute atomic E-state index is 0.0175. The molecule has 0 bridgehead atoms. The Morgan fingerprint density at radius 3 is 2.07 bits per heavy atom. The fourth-order valence-corrected chi connectivity index (χ4v) is 2.10. The average molecular weight is 217 g/mol. The van der Waals surface area contributed by atoms with Crippen molar-refractivity contribution in [3.63, 3.8) is 0 Å². The van der Waals surface area contributed by atoms with E-state index in [0.717, 1.165) is 19.6 Å². The van der Waals surface area contributed by atoms with E-state index in [-0.39, 0.29) is 25.4 Å². The summed E-state index contributed by atoms with van der Waals surface area (Å²) in [5, 5.41) is 18.5. The molecular weight excluding hydrogens is 194 g/mol. The van der Waals surface area contributed by atoms with Crippen molar-refractivity contribution in [2.24, 2.45) is 5.41 Å². The molecular formula is C11H23NO3. The molecule has 1 rings (SSSR count). The van der Waals surface area contributed by atoms with Gasteiger partial charge in [0.2, 0.25) is 0 Å². The van der Waals surface area contributed by atoms with Gasteiger partial charge in [-0.05, 0) is 13.8 Å². The molecule has 2 atom stereocenters. The minimum atomic E-state index is -0.406. The van der Waals surface area contributed by atoms with E-state index in [9.17, 15) is 10.2 Å². The molecule has 90 valence electrons. The molecule has 1 heterocycles. The highest BCUT2D eigenvalue weighted by atomic mass is 16.5. The smallest absolute Gasteiger partial charge is 0.0678 e. The highest BCUT2D eigenvalue weighted by molar-refractivity contribution is 4.81. The Labute approximate surface area is 91.8 Å². The summed E-state index contributed by atoms with van der Waals surface area (Å²) in [7, 11) is 0. The van der Waals surface area contributed by atoms with Crippen LogP contribution in [-0.4, -0.2) is 60.2 Å². The molecule has 0 unspecified atom stereocenters. The Morgan fingerprint density at radius 2 is 1.67 bits per heavy atom. The number of aliphatic hydroxyl groups is 2. The van der Waals surface area contributed by atoms with Gasteiger partial charge >= 0.3 is 0 Å². The molecule has 1 fully saturated rings. The fourth-order valence-electron chi connectivity index (χ4n) is 2.10. The molecule has 0 aromatic carbocycles. The van der Waals surface area contributed by atoms with Gasteiger partial charge in [0.15, 0.2) is 0 Å². The standard InChI is InChI=1S/C11H23NO3/c1-9-4-12(5-10(2)15-9)6-11(3,7-13)8-14/h9-10,13-14H,4-8H2,1-3H3/t9-,10+. The van der Waals surface area contributed by atoms with Crippen LogP contribution in [0.1, 0.15) is 20.8 Å². The summed E-state index contributed by atoms with van der Waals surface area (Å²) in [5.41, 5.74) is -0.406. The van der Waals surface area contributed by atoms with E-state index in [0.29, 0.717) is 0 Å². The fraction of sp³-hybridized carbons (Fsp3) is 1.00. The van der Waals surface area contributed by atoms with Gasteiger partial charge in [0.05, 0.1) is 25.4 Å². The van der Waals surface area contributed by atoms with Crippen molar-refractivity contribution >= 4 is 0 Å². The molecule has 1 aliphatic heterocycles. The summed E-state index contributed by atoms with van der Waals surface area (Å²) in [6.07, 6.45) is 0.464. The van der Waals surface area contributed by atoms with Crippen LogP contribution in [-0.2, 0) is 4.74 Å². The first-order valence-corrected chi connectivity index (χ1v) is 5.58. The van der Waals surface area contributed by atoms with Crippen LogP contribution in [0.15, 0.2) is 0 Å². The number of ether oxygens (including phenoxy) is 1. The third kappa shape index (κ3) is 3.72. The van der Waals surface area contributed by atoms with Crippen LogP contribution in [0.5, 0.6) is 0 Å². The van der Waals surface area contributed by atoms with E-state index in [4.69, 9.17) is 4.74 Å². The molecule has 0 spiro atoms. The van der Waals surface area contributed by atoms with Gasteiger partial charge in [-0.3, -0.25) is 4.90 Å². The van der Waals surface area contributed by atoms with Crippen molar-refractivity contribution in [2.45, 2.75) is 33.0 Å². The van der Waals surface area contributed by atoms with Gasteiger partial charge < -0.3 is 14.9 Å². The highest BCUT2D eigenvalue weighted by Crippen LogP contribution is 2.19. The maximum Gasteiger partial charge on any atom is 0.0678 e. The SMILES string of the molecule is C[C@@H]1CN(CC(C)(CO)CO)C[C@H](C)O1. The summed E-state index contributed by atoms with van der Waals surface area (Å²) in [5.74, 6) is 0. The first-order chi connectivity index (χ1) is 6.99. The molecule has 0 radical (unpaired) electrons. The van der Waals surface area contributed by atoms with E-state index in [1.807, 2.05) is 6.92 Å². The molecule has 4 heteroatoms. The molecule has 15 heavy (non-hydrogen) atoms. The average Bonchev–Trinajstić information content (AvgIpc) is 2.16. The molecule has 1 aliphatic rings. The lowest BCUT2D eigenvalue weighted by molar-refractivity contribution is -0.0846. The lowest BCUT2D eigenvalue weighted by Crippen LogP contribution is -2.50. The van der Waals surface area contributed by atoms with Crippen LogP contribution in [0, 0.1) is 5.41 Å². The lowest BCUT2D eigenvalue weighted by atomic mass is 9.92. The van der Waals surface area contributed by atoms with Gasteiger partial charge in [-0.1, -0.05) is 6.92 Å². The van der Waals surface area contributed by atoms with Crippen LogP contribution in [0.4, 0.5) is 0 Å². The van der Waals surface area contributed by atoms with Crippen molar-refractivity contribution < 1.29 is 14.9 Å². The summed E-state index contributed by atoms with van der Waals surface area (Å²) in [6, 6.07) is 0. The van der Waals surface area contributed by atoms with Crippen molar-refractivity contribution in [1.29, 1.82) is 0 Å². The maximum atomic E-state index is 9.23. The van der Waals surface area contributed by atoms with Crippen molar-refractivity contribution in [2.75, 3.05) is 32.8 Å². The van der Waals surface area contributed by atoms with Gasteiger partial charge in [0, 0.05) is 25.0 Å². The quantitative estimate of drug-likeness (QED) is 0.700. The minimum Gasteiger partial charge on any atom is -0.396 e. The van der Waals surface area contributed by atoms with Crippen LogP contribution >= 0.6 is 0 Å². The lowest BCUT2D eigenvalue weighted by Gasteiger charge is -2.39. The second-order valence-electron chi connectivity index (χ2n) is 5.08. The number of aliphatic hydroxyl groups excluding tert-OH is 2.